The summed E-state index contributed by atoms with van der Waals surface area (Å²) in [5, 5.41) is 10.6. The Hall–Kier alpha value is -2.71. The Labute approximate surface area is 208 Å². The lowest BCUT2D eigenvalue weighted by molar-refractivity contribution is -0.146. The summed E-state index contributed by atoms with van der Waals surface area (Å²) in [6.45, 7) is 2.02. The second kappa shape index (κ2) is 11.8. The van der Waals surface area contributed by atoms with E-state index in [1.54, 1.807) is 55.4 Å². The Morgan fingerprint density at radius 3 is 2.80 bits per heavy atom. The van der Waals surface area contributed by atoms with Gasteiger partial charge in [0, 0.05) is 35.3 Å². The second-order valence-corrected chi connectivity index (χ2v) is 10.1. The average molecular weight is 501 g/mol. The highest BCUT2D eigenvalue weighted by atomic mass is 32.2. The molecule has 0 bridgehead atoms. The predicted octanol–water partition coefficient (Wildman–Crippen LogP) is 5.99. The Morgan fingerprint density at radius 1 is 1.26 bits per heavy atom. The number of piperidine rings is 1. The summed E-state index contributed by atoms with van der Waals surface area (Å²) in [7, 11) is 1.57. The lowest BCUT2D eigenvalue weighted by Gasteiger charge is -2.36. The van der Waals surface area contributed by atoms with Crippen LogP contribution in [-0.2, 0) is 4.79 Å². The molecule has 1 N–H and O–H groups in total. The number of halogens is 2. The molecule has 3 atom stereocenters. The summed E-state index contributed by atoms with van der Waals surface area (Å²) < 4.78 is 33.7. The first kappa shape index (κ1) is 25.4. The molecule has 2 aromatic carbocycles. The first-order chi connectivity index (χ1) is 16.9. The normalized spacial score (nSPS) is 19.5. The van der Waals surface area contributed by atoms with Gasteiger partial charge in [0.1, 0.15) is 17.7 Å². The molecular formula is C27H30F2N2O3S. The van der Waals surface area contributed by atoms with E-state index in [9.17, 15) is 14.3 Å². The molecule has 4 rings (SSSR count). The van der Waals surface area contributed by atoms with E-state index in [-0.39, 0.29) is 18.2 Å². The quantitative estimate of drug-likeness (QED) is 0.345. The van der Waals surface area contributed by atoms with Gasteiger partial charge in [-0.25, -0.2) is 8.78 Å². The van der Waals surface area contributed by atoms with Crippen LogP contribution in [0.25, 0.3) is 10.9 Å². The zero-order valence-corrected chi connectivity index (χ0v) is 20.5. The zero-order valence-electron chi connectivity index (χ0n) is 19.7. The monoisotopic (exact) mass is 500 g/mol. The van der Waals surface area contributed by atoms with Crippen LogP contribution in [0.4, 0.5) is 8.78 Å². The van der Waals surface area contributed by atoms with E-state index in [0.29, 0.717) is 29.8 Å². The molecule has 0 spiro atoms. The summed E-state index contributed by atoms with van der Waals surface area (Å²) in [4.78, 5) is 19.5. The number of alkyl halides is 1. The Morgan fingerprint density at radius 2 is 2.06 bits per heavy atom. The summed E-state index contributed by atoms with van der Waals surface area (Å²) in [5.74, 6) is -0.202. The number of carboxylic acids is 1. The van der Waals surface area contributed by atoms with Crippen molar-refractivity contribution in [3.05, 3.63) is 66.1 Å². The van der Waals surface area contributed by atoms with Crippen molar-refractivity contribution in [1.29, 1.82) is 0 Å². The van der Waals surface area contributed by atoms with E-state index in [2.05, 4.69) is 9.88 Å². The predicted molar refractivity (Wildman–Crippen MR) is 134 cm³/mol. The molecule has 186 valence electrons. The molecule has 5 nitrogen and oxygen atoms in total. The first-order valence-electron chi connectivity index (χ1n) is 11.8. The van der Waals surface area contributed by atoms with Crippen molar-refractivity contribution in [2.45, 2.75) is 30.3 Å². The van der Waals surface area contributed by atoms with Crippen LogP contribution in [0.3, 0.4) is 0 Å². The third-order valence-electron chi connectivity index (χ3n) is 6.76. The SMILES string of the molecule is COc1ccc2nccc([C@H](F)CC[C@@H]3CCN(CCSc4ccc(F)cc4)C[C@@H]3C(=O)O)c2c1. The van der Waals surface area contributed by atoms with Crippen molar-refractivity contribution >= 4 is 28.6 Å². The molecule has 1 saturated heterocycles. The Balaban J connectivity index is 1.32. The van der Waals surface area contributed by atoms with E-state index < -0.39 is 18.1 Å². The van der Waals surface area contributed by atoms with Gasteiger partial charge in [0.05, 0.1) is 18.5 Å². The fraction of sp³-hybridized carbons (Fsp3) is 0.407. The number of carbonyl (C=O) groups is 1. The van der Waals surface area contributed by atoms with Gasteiger partial charge in [-0.3, -0.25) is 9.78 Å². The topological polar surface area (TPSA) is 62.7 Å². The van der Waals surface area contributed by atoms with Crippen LogP contribution in [0, 0.1) is 17.7 Å². The molecule has 1 aromatic heterocycles. The summed E-state index contributed by atoms with van der Waals surface area (Å²) >= 11 is 1.63. The second-order valence-electron chi connectivity index (χ2n) is 8.92. The molecule has 35 heavy (non-hydrogen) atoms. The van der Waals surface area contributed by atoms with Gasteiger partial charge in [-0.05, 0) is 85.8 Å². The van der Waals surface area contributed by atoms with Gasteiger partial charge in [-0.1, -0.05) is 0 Å². The summed E-state index contributed by atoms with van der Waals surface area (Å²) in [6.07, 6.45) is 1.93. The van der Waals surface area contributed by atoms with E-state index in [4.69, 9.17) is 4.74 Å². The first-order valence-corrected chi connectivity index (χ1v) is 12.8. The number of ether oxygens (including phenoxy) is 1. The summed E-state index contributed by atoms with van der Waals surface area (Å²) in [5.41, 5.74) is 1.28. The Bertz CT molecular complexity index is 1140. The van der Waals surface area contributed by atoms with Crippen LogP contribution in [0.5, 0.6) is 5.75 Å². The lowest BCUT2D eigenvalue weighted by atomic mass is 9.81. The highest BCUT2D eigenvalue weighted by Gasteiger charge is 2.34. The number of hydrogen-bond acceptors (Lipinski definition) is 5. The number of carboxylic acid groups (broad SMARTS) is 1. The van der Waals surface area contributed by atoms with E-state index in [1.807, 2.05) is 6.07 Å². The third-order valence-corrected chi connectivity index (χ3v) is 7.75. The van der Waals surface area contributed by atoms with Gasteiger partial charge in [-0.2, -0.15) is 0 Å². The molecule has 0 saturated carbocycles. The number of aromatic nitrogens is 1. The van der Waals surface area contributed by atoms with E-state index >= 15 is 4.39 Å². The standard InChI is InChI=1S/C27H30F2N2O3S/c1-34-20-5-9-26-23(16-20)22(10-12-30-26)25(29)8-2-18-11-13-31(17-24(18)27(32)33)14-15-35-21-6-3-19(28)4-7-21/h3-7,9-10,12,16,18,24-25H,2,8,11,13-15,17H2,1H3,(H,32,33)/t18-,24+,25-/m1/s1. The summed E-state index contributed by atoms with van der Waals surface area (Å²) in [6, 6.07) is 13.5. The fourth-order valence-corrected chi connectivity index (χ4v) is 5.70. The number of rotatable bonds is 10. The molecule has 0 radical (unpaired) electrons. The molecular weight excluding hydrogens is 470 g/mol. The van der Waals surface area contributed by atoms with E-state index in [1.165, 1.54) is 12.1 Å². The highest BCUT2D eigenvalue weighted by Crippen LogP contribution is 2.35. The highest BCUT2D eigenvalue weighted by molar-refractivity contribution is 7.99. The molecule has 1 aliphatic heterocycles. The van der Waals surface area contributed by atoms with Gasteiger partial charge in [0.15, 0.2) is 0 Å². The van der Waals surface area contributed by atoms with Gasteiger partial charge in [0.25, 0.3) is 0 Å². The van der Waals surface area contributed by atoms with Gasteiger partial charge in [-0.15, -0.1) is 11.8 Å². The van der Waals surface area contributed by atoms with Crippen molar-refractivity contribution in [3.63, 3.8) is 0 Å². The fourth-order valence-electron chi connectivity index (χ4n) is 4.78. The van der Waals surface area contributed by atoms with Crippen molar-refractivity contribution in [2.75, 3.05) is 32.5 Å². The zero-order chi connectivity index (χ0) is 24.8. The average Bonchev–Trinajstić information content (AvgIpc) is 2.88. The van der Waals surface area contributed by atoms with Crippen LogP contribution in [0.2, 0.25) is 0 Å². The minimum atomic E-state index is -1.20. The molecule has 0 aliphatic carbocycles. The Kier molecular flexibility index (Phi) is 8.57. The van der Waals surface area contributed by atoms with Gasteiger partial charge in [0.2, 0.25) is 0 Å². The number of thioether (sulfide) groups is 1. The number of methoxy groups -OCH3 is 1. The van der Waals surface area contributed by atoms with Crippen LogP contribution in [-0.4, -0.2) is 53.5 Å². The molecule has 2 heterocycles. The maximum absolute atomic E-state index is 15.4. The molecule has 0 unspecified atom stereocenters. The minimum absolute atomic E-state index is 0.0608. The van der Waals surface area contributed by atoms with Crippen LogP contribution >= 0.6 is 11.8 Å². The lowest BCUT2D eigenvalue weighted by Crippen LogP contribution is -2.44. The molecule has 1 fully saturated rings. The van der Waals surface area contributed by atoms with Crippen LogP contribution < -0.4 is 4.74 Å². The van der Waals surface area contributed by atoms with Gasteiger partial charge < -0.3 is 14.7 Å². The number of fused-ring (bicyclic) bond motifs is 1. The molecule has 0 amide bonds. The number of nitrogens with zero attached hydrogens (tertiary/aromatic N) is 2. The molecule has 3 aromatic rings. The van der Waals surface area contributed by atoms with Crippen molar-refractivity contribution < 1.29 is 23.4 Å². The number of aliphatic carboxylic acids is 1. The number of pyridine rings is 1. The van der Waals surface area contributed by atoms with Crippen molar-refractivity contribution in [2.24, 2.45) is 11.8 Å². The minimum Gasteiger partial charge on any atom is -0.497 e. The number of benzene rings is 2. The third kappa shape index (κ3) is 6.49. The molecule has 8 heteroatoms. The smallest absolute Gasteiger partial charge is 0.308 e. The van der Waals surface area contributed by atoms with Crippen molar-refractivity contribution in [3.8, 4) is 5.75 Å². The van der Waals surface area contributed by atoms with Crippen LogP contribution in [0.1, 0.15) is 31.0 Å². The maximum Gasteiger partial charge on any atom is 0.308 e. The maximum atomic E-state index is 15.4. The van der Waals surface area contributed by atoms with Crippen molar-refractivity contribution in [1.82, 2.24) is 9.88 Å². The van der Waals surface area contributed by atoms with E-state index in [0.717, 1.165) is 35.5 Å². The van der Waals surface area contributed by atoms with Gasteiger partial charge >= 0.3 is 5.97 Å². The largest absolute Gasteiger partial charge is 0.497 e. The van der Waals surface area contributed by atoms with Crippen LogP contribution in [0.15, 0.2) is 59.6 Å². The number of likely N-dealkylation sites (tertiary alicyclic amines) is 1. The molecule has 1 aliphatic rings. The number of hydrogen-bond donors (Lipinski definition) is 1.